The molecule has 1 aliphatic heterocycles. The predicted octanol–water partition coefficient (Wildman–Crippen LogP) is 1.86. The van der Waals surface area contributed by atoms with Crippen molar-refractivity contribution >= 4 is 5.91 Å². The fourth-order valence-corrected chi connectivity index (χ4v) is 3.31. The van der Waals surface area contributed by atoms with Crippen LogP contribution in [-0.2, 0) is 4.79 Å². The summed E-state index contributed by atoms with van der Waals surface area (Å²) < 4.78 is 10.6. The Bertz CT molecular complexity index is 518. The number of nitrogens with one attached hydrogen (secondary N) is 1. The van der Waals surface area contributed by atoms with Crippen LogP contribution in [0.3, 0.4) is 0 Å². The summed E-state index contributed by atoms with van der Waals surface area (Å²) in [4.78, 5) is 11.9. The Morgan fingerprint density at radius 2 is 1.90 bits per heavy atom. The zero-order chi connectivity index (χ0) is 15.6. The zero-order valence-electron chi connectivity index (χ0n) is 13.1. The van der Waals surface area contributed by atoms with Crippen LogP contribution in [0.1, 0.15) is 31.9 Å². The fraction of sp³-hybridized carbons (Fsp3) is 0.562. The van der Waals surface area contributed by atoms with E-state index in [4.69, 9.17) is 15.2 Å². The van der Waals surface area contributed by atoms with E-state index < -0.39 is 0 Å². The Hall–Kier alpha value is -1.75. The number of benzene rings is 1. The molecule has 0 saturated carbocycles. The molecule has 4 atom stereocenters. The second kappa shape index (κ2) is 6.35. The van der Waals surface area contributed by atoms with Crippen molar-refractivity contribution in [2.75, 3.05) is 14.2 Å². The van der Waals surface area contributed by atoms with Gasteiger partial charge in [0.2, 0.25) is 5.91 Å². The lowest BCUT2D eigenvalue weighted by atomic mass is 9.76. The molecular formula is C16H24N2O3. The lowest BCUT2D eigenvalue weighted by Gasteiger charge is -2.39. The molecule has 2 rings (SSSR count). The van der Waals surface area contributed by atoms with E-state index >= 15 is 0 Å². The van der Waals surface area contributed by atoms with E-state index in [1.165, 1.54) is 0 Å². The largest absolute Gasteiger partial charge is 0.493 e. The first-order valence-electron chi connectivity index (χ1n) is 7.25. The summed E-state index contributed by atoms with van der Waals surface area (Å²) in [6.07, 6.45) is 0.942. The van der Waals surface area contributed by atoms with Crippen LogP contribution < -0.4 is 20.5 Å². The van der Waals surface area contributed by atoms with Gasteiger partial charge in [-0.25, -0.2) is 0 Å². The van der Waals surface area contributed by atoms with Gasteiger partial charge in [-0.05, 0) is 37.0 Å². The third kappa shape index (κ3) is 3.13. The SMILES string of the molecule is COc1ccc(C2NC(C)CC(C)C2C(N)=O)cc1OC. The van der Waals surface area contributed by atoms with Crippen molar-refractivity contribution in [1.82, 2.24) is 5.32 Å². The summed E-state index contributed by atoms with van der Waals surface area (Å²) in [5.41, 5.74) is 6.62. The van der Waals surface area contributed by atoms with Gasteiger partial charge in [-0.2, -0.15) is 0 Å². The number of carbonyl (C=O) groups is 1. The zero-order valence-corrected chi connectivity index (χ0v) is 13.1. The molecule has 3 N–H and O–H groups in total. The number of piperidine rings is 1. The summed E-state index contributed by atoms with van der Waals surface area (Å²) in [6, 6.07) is 5.98. The van der Waals surface area contributed by atoms with Crippen molar-refractivity contribution in [1.29, 1.82) is 0 Å². The van der Waals surface area contributed by atoms with Crippen LogP contribution in [-0.4, -0.2) is 26.2 Å². The number of primary amides is 1. The first-order valence-corrected chi connectivity index (χ1v) is 7.25. The van der Waals surface area contributed by atoms with E-state index in [0.29, 0.717) is 17.5 Å². The van der Waals surface area contributed by atoms with Crippen molar-refractivity contribution < 1.29 is 14.3 Å². The maximum absolute atomic E-state index is 11.9. The second-order valence-corrected chi connectivity index (χ2v) is 5.80. The number of ether oxygens (including phenoxy) is 2. The number of hydrogen-bond acceptors (Lipinski definition) is 4. The maximum atomic E-state index is 11.9. The van der Waals surface area contributed by atoms with E-state index in [2.05, 4.69) is 19.2 Å². The van der Waals surface area contributed by atoms with Crippen LogP contribution in [0.15, 0.2) is 18.2 Å². The highest BCUT2D eigenvalue weighted by molar-refractivity contribution is 5.78. The van der Waals surface area contributed by atoms with Crippen molar-refractivity contribution in [3.63, 3.8) is 0 Å². The topological polar surface area (TPSA) is 73.6 Å². The minimum atomic E-state index is -0.262. The molecule has 1 saturated heterocycles. The molecule has 5 heteroatoms. The van der Waals surface area contributed by atoms with Gasteiger partial charge in [-0.3, -0.25) is 4.79 Å². The molecule has 1 aromatic carbocycles. The number of methoxy groups -OCH3 is 2. The molecule has 1 fully saturated rings. The first kappa shape index (κ1) is 15.6. The molecule has 0 bridgehead atoms. The van der Waals surface area contributed by atoms with Gasteiger partial charge in [0.25, 0.3) is 0 Å². The molecule has 1 amide bonds. The number of rotatable bonds is 4. The highest BCUT2D eigenvalue weighted by Gasteiger charge is 2.38. The minimum absolute atomic E-state index is 0.0962. The van der Waals surface area contributed by atoms with Crippen LogP contribution in [0.4, 0.5) is 0 Å². The Balaban J connectivity index is 2.39. The van der Waals surface area contributed by atoms with Gasteiger partial charge in [0.15, 0.2) is 11.5 Å². The van der Waals surface area contributed by atoms with Gasteiger partial charge in [-0.1, -0.05) is 13.0 Å². The highest BCUT2D eigenvalue weighted by Crippen LogP contribution is 2.38. The van der Waals surface area contributed by atoms with Gasteiger partial charge in [0.05, 0.1) is 20.1 Å². The lowest BCUT2D eigenvalue weighted by Crippen LogP contribution is -2.49. The average molecular weight is 292 g/mol. The third-order valence-electron chi connectivity index (χ3n) is 4.26. The van der Waals surface area contributed by atoms with Crippen molar-refractivity contribution in [2.24, 2.45) is 17.6 Å². The first-order chi connectivity index (χ1) is 9.97. The number of amides is 1. The highest BCUT2D eigenvalue weighted by atomic mass is 16.5. The van der Waals surface area contributed by atoms with Crippen LogP contribution in [0, 0.1) is 11.8 Å². The second-order valence-electron chi connectivity index (χ2n) is 5.80. The molecule has 116 valence electrons. The number of nitrogens with two attached hydrogens (primary N) is 1. The smallest absolute Gasteiger partial charge is 0.222 e. The summed E-state index contributed by atoms with van der Waals surface area (Å²) in [6.45, 7) is 4.21. The molecule has 1 heterocycles. The van der Waals surface area contributed by atoms with Gasteiger partial charge in [0, 0.05) is 12.1 Å². The van der Waals surface area contributed by atoms with Gasteiger partial charge >= 0.3 is 0 Å². The van der Waals surface area contributed by atoms with Crippen LogP contribution in [0.5, 0.6) is 11.5 Å². The van der Waals surface area contributed by atoms with Crippen LogP contribution in [0.2, 0.25) is 0 Å². The monoisotopic (exact) mass is 292 g/mol. The van der Waals surface area contributed by atoms with E-state index in [9.17, 15) is 4.79 Å². The van der Waals surface area contributed by atoms with E-state index in [0.717, 1.165) is 12.0 Å². The van der Waals surface area contributed by atoms with Crippen molar-refractivity contribution in [3.05, 3.63) is 23.8 Å². The van der Waals surface area contributed by atoms with Gasteiger partial charge < -0.3 is 20.5 Å². The maximum Gasteiger partial charge on any atom is 0.222 e. The average Bonchev–Trinajstić information content (AvgIpc) is 2.45. The Kier molecular flexibility index (Phi) is 4.73. The quantitative estimate of drug-likeness (QED) is 0.888. The standard InChI is InChI=1S/C16H24N2O3/c1-9-7-10(2)18-15(14(9)16(17)19)11-5-6-12(20-3)13(8-11)21-4/h5-6,8-10,14-15,18H,7H2,1-4H3,(H2,17,19). The predicted molar refractivity (Wildman–Crippen MR) is 81.4 cm³/mol. The molecule has 4 unspecified atom stereocenters. The summed E-state index contributed by atoms with van der Waals surface area (Å²) >= 11 is 0. The van der Waals surface area contributed by atoms with Crippen LogP contribution >= 0.6 is 0 Å². The van der Waals surface area contributed by atoms with E-state index in [1.54, 1.807) is 14.2 Å². The Labute approximate surface area is 125 Å². The summed E-state index contributed by atoms with van der Waals surface area (Å²) in [5.74, 6) is 1.09. The van der Waals surface area contributed by atoms with Gasteiger partial charge in [-0.15, -0.1) is 0 Å². The molecule has 5 nitrogen and oxygen atoms in total. The molecule has 1 aliphatic rings. The molecular weight excluding hydrogens is 268 g/mol. The van der Waals surface area contributed by atoms with Crippen molar-refractivity contribution in [2.45, 2.75) is 32.4 Å². The molecule has 0 spiro atoms. The van der Waals surface area contributed by atoms with Gasteiger partial charge in [0.1, 0.15) is 0 Å². The third-order valence-corrected chi connectivity index (χ3v) is 4.26. The van der Waals surface area contributed by atoms with Crippen LogP contribution in [0.25, 0.3) is 0 Å². The summed E-state index contributed by atoms with van der Waals surface area (Å²) in [5, 5.41) is 3.49. The fourth-order valence-electron chi connectivity index (χ4n) is 3.31. The van der Waals surface area contributed by atoms with E-state index in [1.807, 2.05) is 18.2 Å². The minimum Gasteiger partial charge on any atom is -0.493 e. The Morgan fingerprint density at radius 1 is 1.24 bits per heavy atom. The lowest BCUT2D eigenvalue weighted by molar-refractivity contribution is -0.125. The molecule has 0 aromatic heterocycles. The molecule has 1 aromatic rings. The van der Waals surface area contributed by atoms with E-state index in [-0.39, 0.29) is 23.8 Å². The normalized spacial score (nSPS) is 29.0. The molecule has 0 radical (unpaired) electrons. The molecule has 21 heavy (non-hydrogen) atoms. The van der Waals surface area contributed by atoms with Crippen molar-refractivity contribution in [3.8, 4) is 11.5 Å². The number of carbonyl (C=O) groups excluding carboxylic acids is 1. The number of hydrogen-bond donors (Lipinski definition) is 2. The molecule has 0 aliphatic carbocycles. The summed E-state index contributed by atoms with van der Waals surface area (Å²) in [7, 11) is 3.21. The Morgan fingerprint density at radius 3 is 2.48 bits per heavy atom.